The molecule has 0 bridgehead atoms. The summed E-state index contributed by atoms with van der Waals surface area (Å²) in [5.41, 5.74) is -0.148. The van der Waals surface area contributed by atoms with E-state index in [1.807, 2.05) is 0 Å². The number of hydrogen-bond donors (Lipinski definition) is 1. The molecule has 0 radical (unpaired) electrons. The molecular formula is C16H19ClFN3O3. The second-order valence-electron chi connectivity index (χ2n) is 5.49. The summed E-state index contributed by atoms with van der Waals surface area (Å²) in [6.45, 7) is 3.60. The minimum Gasteiger partial charge on any atom is -0.351 e. The van der Waals surface area contributed by atoms with Crippen molar-refractivity contribution in [1.29, 1.82) is 0 Å². The van der Waals surface area contributed by atoms with Gasteiger partial charge in [0.15, 0.2) is 5.82 Å². The van der Waals surface area contributed by atoms with Gasteiger partial charge in [-0.25, -0.2) is 4.39 Å². The van der Waals surface area contributed by atoms with Crippen LogP contribution in [0.1, 0.15) is 23.7 Å². The van der Waals surface area contributed by atoms with E-state index in [4.69, 9.17) is 11.6 Å². The molecule has 8 heteroatoms. The molecule has 1 N–H and O–H groups in total. The Kier molecular flexibility index (Phi) is 6.14. The quantitative estimate of drug-likeness (QED) is 0.884. The van der Waals surface area contributed by atoms with Crippen molar-refractivity contribution in [3.05, 3.63) is 34.6 Å². The Balaban J connectivity index is 1.78. The standard InChI is InChI=1S/C16H19ClFN3O3/c1-11(22)20-7-9-21(10-8-20)14(23)5-6-19-16(24)12-3-2-4-13(17)15(12)18/h2-4H,5-10H2,1H3,(H,19,24). The smallest absolute Gasteiger partial charge is 0.254 e. The fourth-order valence-electron chi connectivity index (χ4n) is 2.49. The molecule has 0 aromatic heterocycles. The van der Waals surface area contributed by atoms with Gasteiger partial charge < -0.3 is 15.1 Å². The van der Waals surface area contributed by atoms with Gasteiger partial charge in [0.1, 0.15) is 0 Å². The molecule has 1 saturated heterocycles. The van der Waals surface area contributed by atoms with Gasteiger partial charge >= 0.3 is 0 Å². The van der Waals surface area contributed by atoms with Crippen molar-refractivity contribution in [1.82, 2.24) is 15.1 Å². The summed E-state index contributed by atoms with van der Waals surface area (Å²) in [4.78, 5) is 38.6. The molecule has 0 spiro atoms. The van der Waals surface area contributed by atoms with Gasteiger partial charge in [0.25, 0.3) is 5.91 Å². The van der Waals surface area contributed by atoms with Crippen molar-refractivity contribution >= 4 is 29.3 Å². The van der Waals surface area contributed by atoms with Crippen LogP contribution in [0.3, 0.4) is 0 Å². The van der Waals surface area contributed by atoms with Crippen molar-refractivity contribution < 1.29 is 18.8 Å². The average molecular weight is 356 g/mol. The first-order chi connectivity index (χ1) is 11.4. The van der Waals surface area contributed by atoms with E-state index in [1.165, 1.54) is 25.1 Å². The molecule has 130 valence electrons. The van der Waals surface area contributed by atoms with Crippen molar-refractivity contribution in [2.75, 3.05) is 32.7 Å². The highest BCUT2D eigenvalue weighted by atomic mass is 35.5. The van der Waals surface area contributed by atoms with E-state index in [0.29, 0.717) is 26.2 Å². The predicted molar refractivity (Wildman–Crippen MR) is 87.2 cm³/mol. The number of benzene rings is 1. The third-order valence-electron chi connectivity index (χ3n) is 3.90. The summed E-state index contributed by atoms with van der Waals surface area (Å²) in [5.74, 6) is -1.49. The molecule has 1 aromatic carbocycles. The van der Waals surface area contributed by atoms with E-state index >= 15 is 0 Å². The number of hydrogen-bond acceptors (Lipinski definition) is 3. The summed E-state index contributed by atoms with van der Waals surface area (Å²) in [5, 5.41) is 2.39. The zero-order valence-corrected chi connectivity index (χ0v) is 14.1. The van der Waals surface area contributed by atoms with Crippen LogP contribution < -0.4 is 5.32 Å². The molecule has 0 atom stereocenters. The summed E-state index contributed by atoms with van der Waals surface area (Å²) >= 11 is 5.63. The zero-order valence-electron chi connectivity index (χ0n) is 13.3. The van der Waals surface area contributed by atoms with Gasteiger partial charge in [0.2, 0.25) is 11.8 Å². The molecule has 1 aliphatic heterocycles. The highest BCUT2D eigenvalue weighted by Gasteiger charge is 2.22. The molecule has 1 aromatic rings. The lowest BCUT2D eigenvalue weighted by Gasteiger charge is -2.34. The number of nitrogens with zero attached hydrogens (tertiary/aromatic N) is 2. The third-order valence-corrected chi connectivity index (χ3v) is 4.19. The largest absolute Gasteiger partial charge is 0.351 e. The van der Waals surface area contributed by atoms with Gasteiger partial charge in [-0.1, -0.05) is 17.7 Å². The second-order valence-corrected chi connectivity index (χ2v) is 5.90. The molecule has 3 amide bonds. The minimum absolute atomic E-state index is 0.00193. The Morgan fingerprint density at radius 3 is 2.42 bits per heavy atom. The second kappa shape index (κ2) is 8.10. The molecule has 1 fully saturated rings. The van der Waals surface area contributed by atoms with Gasteiger partial charge in [-0.2, -0.15) is 0 Å². The lowest BCUT2D eigenvalue weighted by Crippen LogP contribution is -2.50. The maximum atomic E-state index is 13.7. The molecule has 0 unspecified atom stereocenters. The zero-order chi connectivity index (χ0) is 17.7. The Morgan fingerprint density at radius 1 is 1.17 bits per heavy atom. The topological polar surface area (TPSA) is 69.7 Å². The first-order valence-corrected chi connectivity index (χ1v) is 8.03. The Hall–Kier alpha value is -2.15. The Labute approximate surface area is 144 Å². The van der Waals surface area contributed by atoms with Crippen LogP contribution in [0.5, 0.6) is 0 Å². The lowest BCUT2D eigenvalue weighted by molar-refractivity contribution is -0.138. The number of carbonyl (C=O) groups is 3. The predicted octanol–water partition coefficient (Wildman–Crippen LogP) is 1.29. The fourth-order valence-corrected chi connectivity index (χ4v) is 2.66. The van der Waals surface area contributed by atoms with Crippen LogP contribution in [0.15, 0.2) is 18.2 Å². The Bertz CT molecular complexity index is 645. The van der Waals surface area contributed by atoms with Crippen LogP contribution in [0.2, 0.25) is 5.02 Å². The molecule has 6 nitrogen and oxygen atoms in total. The third kappa shape index (κ3) is 4.44. The highest BCUT2D eigenvalue weighted by molar-refractivity contribution is 6.31. The number of halogens is 2. The van der Waals surface area contributed by atoms with E-state index in [9.17, 15) is 18.8 Å². The van der Waals surface area contributed by atoms with E-state index in [0.717, 1.165) is 0 Å². The van der Waals surface area contributed by atoms with E-state index in [-0.39, 0.29) is 35.4 Å². The van der Waals surface area contributed by atoms with Gasteiger partial charge in [-0.3, -0.25) is 14.4 Å². The number of nitrogens with one attached hydrogen (secondary N) is 1. The van der Waals surface area contributed by atoms with Gasteiger partial charge in [-0.15, -0.1) is 0 Å². The number of amides is 3. The Morgan fingerprint density at radius 2 is 1.79 bits per heavy atom. The highest BCUT2D eigenvalue weighted by Crippen LogP contribution is 2.17. The van der Waals surface area contributed by atoms with Crippen LogP contribution >= 0.6 is 11.6 Å². The molecule has 2 rings (SSSR count). The maximum Gasteiger partial charge on any atom is 0.254 e. The number of carbonyl (C=O) groups excluding carboxylic acids is 3. The minimum atomic E-state index is -0.775. The van der Waals surface area contributed by atoms with Gasteiger partial charge in [-0.05, 0) is 12.1 Å². The van der Waals surface area contributed by atoms with Crippen LogP contribution in [0.4, 0.5) is 4.39 Å². The van der Waals surface area contributed by atoms with Crippen LogP contribution in [0.25, 0.3) is 0 Å². The van der Waals surface area contributed by atoms with E-state index in [1.54, 1.807) is 9.80 Å². The molecule has 1 heterocycles. The molecular weight excluding hydrogens is 337 g/mol. The summed E-state index contributed by atoms with van der Waals surface area (Å²) < 4.78 is 13.7. The fraction of sp³-hybridized carbons (Fsp3) is 0.438. The first-order valence-electron chi connectivity index (χ1n) is 7.65. The monoisotopic (exact) mass is 355 g/mol. The van der Waals surface area contributed by atoms with Crippen molar-refractivity contribution in [3.63, 3.8) is 0 Å². The van der Waals surface area contributed by atoms with Crippen molar-refractivity contribution in [3.8, 4) is 0 Å². The van der Waals surface area contributed by atoms with Crippen molar-refractivity contribution in [2.45, 2.75) is 13.3 Å². The SMILES string of the molecule is CC(=O)N1CCN(C(=O)CCNC(=O)c2cccc(Cl)c2F)CC1. The molecule has 1 aliphatic rings. The van der Waals surface area contributed by atoms with Crippen LogP contribution in [-0.4, -0.2) is 60.2 Å². The molecule has 0 saturated carbocycles. The molecule has 0 aliphatic carbocycles. The normalized spacial score (nSPS) is 14.5. The van der Waals surface area contributed by atoms with Gasteiger partial charge in [0, 0.05) is 46.1 Å². The van der Waals surface area contributed by atoms with E-state index in [2.05, 4.69) is 5.32 Å². The first kappa shape index (κ1) is 18.2. The van der Waals surface area contributed by atoms with Crippen LogP contribution in [0, 0.1) is 5.82 Å². The number of rotatable bonds is 4. The van der Waals surface area contributed by atoms with Crippen molar-refractivity contribution in [2.24, 2.45) is 0 Å². The average Bonchev–Trinajstić information content (AvgIpc) is 2.57. The van der Waals surface area contributed by atoms with Gasteiger partial charge in [0.05, 0.1) is 10.6 Å². The molecule has 24 heavy (non-hydrogen) atoms. The maximum absolute atomic E-state index is 13.7. The van der Waals surface area contributed by atoms with E-state index < -0.39 is 11.7 Å². The summed E-state index contributed by atoms with van der Waals surface area (Å²) in [6.07, 6.45) is 0.119. The number of piperazine rings is 1. The summed E-state index contributed by atoms with van der Waals surface area (Å²) in [6, 6.07) is 4.18. The van der Waals surface area contributed by atoms with Crippen LogP contribution in [-0.2, 0) is 9.59 Å². The summed E-state index contributed by atoms with van der Waals surface area (Å²) in [7, 11) is 0. The lowest BCUT2D eigenvalue weighted by atomic mass is 10.2.